The number of likely N-dealkylation sites (N-methyl/N-ethyl adjacent to an activating group) is 1. The molecule has 116 valence electrons. The third-order valence-corrected chi connectivity index (χ3v) is 2.86. The highest BCUT2D eigenvalue weighted by atomic mass is 16.5. The maximum absolute atomic E-state index is 12.1. The van der Waals surface area contributed by atoms with Crippen LogP contribution in [0.5, 0.6) is 0 Å². The van der Waals surface area contributed by atoms with E-state index in [1.807, 2.05) is 28.1 Å². The highest BCUT2D eigenvalue weighted by Gasteiger charge is 2.27. The fourth-order valence-electron chi connectivity index (χ4n) is 2.09. The number of carboxylic acids is 1. The molecule has 0 aromatic heterocycles. The van der Waals surface area contributed by atoms with Gasteiger partial charge in [0.05, 0.1) is 33.5 Å². The highest BCUT2D eigenvalue weighted by Crippen LogP contribution is 2.16. The van der Waals surface area contributed by atoms with Crippen molar-refractivity contribution in [1.29, 1.82) is 0 Å². The molecule has 0 aliphatic heterocycles. The van der Waals surface area contributed by atoms with Crippen LogP contribution in [0, 0.1) is 5.92 Å². The molecule has 2 atom stereocenters. The van der Waals surface area contributed by atoms with Crippen molar-refractivity contribution in [3.05, 3.63) is 12.7 Å². The first-order valence-electron chi connectivity index (χ1n) is 7.03. The number of nitrogens with zero attached hydrogens (tertiary/aromatic N) is 1. The van der Waals surface area contributed by atoms with Gasteiger partial charge in [-0.3, -0.25) is 9.59 Å². The maximum Gasteiger partial charge on any atom is 0.309 e. The molecule has 0 rings (SSSR count). The average molecular weight is 286 g/mol. The number of aliphatic carboxylic acids is 1. The standard InChI is InChI=1S/C15H27NO4/c1-6-8-12(9-7-2)15(19)20-13(10-14(17)18)11-16(3,4)5/h6,12-13H,1,7-11H2,2-5H3/p+1. The van der Waals surface area contributed by atoms with E-state index in [2.05, 4.69) is 6.58 Å². The summed E-state index contributed by atoms with van der Waals surface area (Å²) < 4.78 is 5.97. The number of allylic oxidation sites excluding steroid dienone is 1. The minimum absolute atomic E-state index is 0.159. The van der Waals surface area contributed by atoms with E-state index in [4.69, 9.17) is 9.84 Å². The molecule has 0 heterocycles. The summed E-state index contributed by atoms with van der Waals surface area (Å²) in [7, 11) is 5.82. The molecule has 0 saturated carbocycles. The number of quaternary nitrogens is 1. The van der Waals surface area contributed by atoms with Gasteiger partial charge in [-0.2, -0.15) is 0 Å². The number of hydrogen-bond acceptors (Lipinski definition) is 3. The second-order valence-corrected chi connectivity index (χ2v) is 6.14. The third kappa shape index (κ3) is 8.69. The minimum atomic E-state index is -0.952. The molecule has 5 nitrogen and oxygen atoms in total. The number of carbonyl (C=O) groups is 2. The maximum atomic E-state index is 12.1. The lowest BCUT2D eigenvalue weighted by atomic mass is 10.00. The van der Waals surface area contributed by atoms with Gasteiger partial charge in [0.25, 0.3) is 0 Å². The summed E-state index contributed by atoms with van der Waals surface area (Å²) in [5.41, 5.74) is 0. The Bertz CT molecular complexity index is 333. The lowest BCUT2D eigenvalue weighted by molar-refractivity contribution is -0.873. The van der Waals surface area contributed by atoms with Gasteiger partial charge in [0.15, 0.2) is 6.10 Å². The molecule has 0 aromatic carbocycles. The van der Waals surface area contributed by atoms with Crippen molar-refractivity contribution in [3.63, 3.8) is 0 Å². The van der Waals surface area contributed by atoms with Crippen LogP contribution in [0.3, 0.4) is 0 Å². The second kappa shape index (κ2) is 8.74. The summed E-state index contributed by atoms with van der Waals surface area (Å²) in [6.07, 6.45) is 3.13. The SMILES string of the molecule is C=CCC(CCC)C(=O)OC(CC(=O)O)C[N+](C)(C)C. The fourth-order valence-corrected chi connectivity index (χ4v) is 2.09. The van der Waals surface area contributed by atoms with Crippen LogP contribution < -0.4 is 0 Å². The van der Waals surface area contributed by atoms with Gasteiger partial charge in [0.2, 0.25) is 0 Å². The molecular formula is C15H28NO4+. The summed E-state index contributed by atoms with van der Waals surface area (Å²) in [5, 5.41) is 8.92. The molecule has 1 N–H and O–H groups in total. The van der Waals surface area contributed by atoms with E-state index >= 15 is 0 Å². The van der Waals surface area contributed by atoms with Crippen molar-refractivity contribution in [2.45, 2.75) is 38.7 Å². The Morgan fingerprint density at radius 1 is 1.35 bits per heavy atom. The summed E-state index contributed by atoms with van der Waals surface area (Å²) >= 11 is 0. The lowest BCUT2D eigenvalue weighted by Gasteiger charge is -2.29. The zero-order chi connectivity index (χ0) is 15.8. The summed E-state index contributed by atoms with van der Waals surface area (Å²) in [4.78, 5) is 23.0. The molecule has 0 aliphatic carbocycles. The van der Waals surface area contributed by atoms with E-state index in [0.29, 0.717) is 17.4 Å². The molecule has 0 amide bonds. The number of esters is 1. The molecule has 20 heavy (non-hydrogen) atoms. The van der Waals surface area contributed by atoms with Crippen LogP contribution in [0.1, 0.15) is 32.6 Å². The van der Waals surface area contributed by atoms with Crippen molar-refractivity contribution in [2.75, 3.05) is 27.7 Å². The molecule has 5 heteroatoms. The van der Waals surface area contributed by atoms with E-state index in [1.165, 1.54) is 0 Å². The predicted octanol–water partition coefficient (Wildman–Crippen LogP) is 2.07. The Morgan fingerprint density at radius 2 is 1.95 bits per heavy atom. The Balaban J connectivity index is 4.71. The third-order valence-electron chi connectivity index (χ3n) is 2.86. The topological polar surface area (TPSA) is 63.6 Å². The molecule has 0 fully saturated rings. The van der Waals surface area contributed by atoms with Gasteiger partial charge in [-0.25, -0.2) is 0 Å². The van der Waals surface area contributed by atoms with Crippen molar-refractivity contribution < 1.29 is 23.9 Å². The van der Waals surface area contributed by atoms with Gasteiger partial charge < -0.3 is 14.3 Å². The Labute approximate surface area is 121 Å². The summed E-state index contributed by atoms with van der Waals surface area (Å²) in [6, 6.07) is 0. The first-order valence-corrected chi connectivity index (χ1v) is 7.03. The van der Waals surface area contributed by atoms with Crippen LogP contribution in [0.2, 0.25) is 0 Å². The number of rotatable bonds is 10. The quantitative estimate of drug-likeness (QED) is 0.379. The smallest absolute Gasteiger partial charge is 0.309 e. The molecular weight excluding hydrogens is 258 g/mol. The first-order chi connectivity index (χ1) is 9.19. The van der Waals surface area contributed by atoms with E-state index in [0.717, 1.165) is 12.8 Å². The Kier molecular flexibility index (Phi) is 8.15. The molecule has 0 radical (unpaired) electrons. The van der Waals surface area contributed by atoms with Gasteiger partial charge in [-0.1, -0.05) is 19.4 Å². The van der Waals surface area contributed by atoms with Crippen molar-refractivity contribution in [2.24, 2.45) is 5.92 Å². The van der Waals surface area contributed by atoms with Crippen LogP contribution in [-0.2, 0) is 14.3 Å². The summed E-state index contributed by atoms with van der Waals surface area (Å²) in [5.74, 6) is -1.49. The van der Waals surface area contributed by atoms with Gasteiger partial charge in [-0.15, -0.1) is 6.58 Å². The van der Waals surface area contributed by atoms with E-state index in [9.17, 15) is 9.59 Å². The van der Waals surface area contributed by atoms with Gasteiger partial charge >= 0.3 is 11.9 Å². The molecule has 0 saturated heterocycles. The fraction of sp³-hybridized carbons (Fsp3) is 0.733. The number of hydrogen-bond donors (Lipinski definition) is 1. The molecule has 2 unspecified atom stereocenters. The lowest BCUT2D eigenvalue weighted by Crippen LogP contribution is -2.44. The van der Waals surface area contributed by atoms with Gasteiger partial charge in [-0.05, 0) is 12.8 Å². The van der Waals surface area contributed by atoms with Crippen LogP contribution >= 0.6 is 0 Å². The monoisotopic (exact) mass is 286 g/mol. The van der Waals surface area contributed by atoms with Crippen molar-refractivity contribution in [1.82, 2.24) is 0 Å². The van der Waals surface area contributed by atoms with Gasteiger partial charge in [0.1, 0.15) is 6.54 Å². The highest BCUT2D eigenvalue weighted by molar-refractivity contribution is 5.74. The number of carbonyl (C=O) groups excluding carboxylic acids is 1. The largest absolute Gasteiger partial charge is 0.481 e. The molecule has 0 aromatic rings. The minimum Gasteiger partial charge on any atom is -0.481 e. The number of ether oxygens (including phenoxy) is 1. The van der Waals surface area contributed by atoms with Gasteiger partial charge in [0, 0.05) is 0 Å². The zero-order valence-corrected chi connectivity index (χ0v) is 13.1. The van der Waals surface area contributed by atoms with E-state index in [1.54, 1.807) is 6.08 Å². The van der Waals surface area contributed by atoms with E-state index in [-0.39, 0.29) is 18.3 Å². The normalized spacial score (nSPS) is 14.4. The van der Waals surface area contributed by atoms with Crippen molar-refractivity contribution in [3.8, 4) is 0 Å². The Hall–Kier alpha value is -1.36. The zero-order valence-electron chi connectivity index (χ0n) is 13.1. The number of carboxylic acid groups (broad SMARTS) is 1. The average Bonchev–Trinajstić information content (AvgIpc) is 2.25. The van der Waals surface area contributed by atoms with Crippen LogP contribution in [0.15, 0.2) is 12.7 Å². The predicted molar refractivity (Wildman–Crippen MR) is 78.2 cm³/mol. The Morgan fingerprint density at radius 3 is 2.35 bits per heavy atom. The summed E-state index contributed by atoms with van der Waals surface area (Å²) in [6.45, 7) is 6.13. The van der Waals surface area contributed by atoms with E-state index < -0.39 is 12.1 Å². The van der Waals surface area contributed by atoms with Crippen LogP contribution in [0.4, 0.5) is 0 Å². The molecule has 0 spiro atoms. The molecule has 0 aliphatic rings. The second-order valence-electron chi connectivity index (χ2n) is 6.14. The van der Waals surface area contributed by atoms with Crippen molar-refractivity contribution >= 4 is 11.9 Å². The van der Waals surface area contributed by atoms with Crippen LogP contribution in [-0.4, -0.2) is 55.3 Å². The first kappa shape index (κ1) is 18.6. The van der Waals surface area contributed by atoms with Crippen LogP contribution in [0.25, 0.3) is 0 Å². The molecule has 0 bridgehead atoms.